The average Bonchev–Trinajstić information content (AvgIpc) is 2.96. The molecule has 98 valence electrons. The molecular weight excluding hydrogens is 244 g/mol. The molecule has 3 rings (SSSR count). The number of aryl methyl sites for hydroxylation is 1. The molecule has 1 aliphatic heterocycles. The van der Waals surface area contributed by atoms with E-state index in [9.17, 15) is 9.59 Å². The van der Waals surface area contributed by atoms with Gasteiger partial charge in [0, 0.05) is 26.3 Å². The fourth-order valence-corrected chi connectivity index (χ4v) is 2.37. The summed E-state index contributed by atoms with van der Waals surface area (Å²) in [5, 5.41) is 0. The van der Waals surface area contributed by atoms with E-state index in [4.69, 9.17) is 0 Å². The molecule has 0 radical (unpaired) electrons. The van der Waals surface area contributed by atoms with Crippen LogP contribution in [0, 0.1) is 0 Å². The summed E-state index contributed by atoms with van der Waals surface area (Å²) in [6.07, 6.45) is 3.58. The molecule has 2 aromatic rings. The monoisotopic (exact) mass is 258 g/mol. The van der Waals surface area contributed by atoms with Crippen LogP contribution in [0.5, 0.6) is 0 Å². The summed E-state index contributed by atoms with van der Waals surface area (Å²) in [6.45, 7) is 1.41. The number of fused-ring (bicyclic) bond motifs is 1. The van der Waals surface area contributed by atoms with Crippen LogP contribution >= 0.6 is 0 Å². The highest BCUT2D eigenvalue weighted by Gasteiger charge is 2.24. The van der Waals surface area contributed by atoms with Gasteiger partial charge in [-0.15, -0.1) is 0 Å². The maximum Gasteiger partial charge on any atom is 0.283 e. The molecule has 0 unspecified atom stereocenters. The SMILES string of the molecule is Cn1c(=O)c(C(=O)N2CCCC2)nc2cccnc21. The second-order valence-corrected chi connectivity index (χ2v) is 4.67. The van der Waals surface area contributed by atoms with E-state index in [1.807, 2.05) is 0 Å². The van der Waals surface area contributed by atoms with E-state index in [1.165, 1.54) is 4.57 Å². The van der Waals surface area contributed by atoms with Gasteiger partial charge in [0.15, 0.2) is 11.3 Å². The van der Waals surface area contributed by atoms with Crippen LogP contribution in [0.15, 0.2) is 23.1 Å². The topological polar surface area (TPSA) is 68.1 Å². The van der Waals surface area contributed by atoms with E-state index in [1.54, 1.807) is 30.3 Å². The number of amides is 1. The van der Waals surface area contributed by atoms with Crippen molar-refractivity contribution in [3.8, 4) is 0 Å². The van der Waals surface area contributed by atoms with Gasteiger partial charge in [0.2, 0.25) is 0 Å². The van der Waals surface area contributed by atoms with Gasteiger partial charge in [0.05, 0.1) is 0 Å². The van der Waals surface area contributed by atoms with Crippen molar-refractivity contribution < 1.29 is 4.79 Å². The highest BCUT2D eigenvalue weighted by molar-refractivity contribution is 5.93. The maximum absolute atomic E-state index is 12.3. The van der Waals surface area contributed by atoms with Crippen molar-refractivity contribution in [3.63, 3.8) is 0 Å². The standard InChI is InChI=1S/C13H14N4O2/c1-16-11-9(5-4-6-14-11)15-10(12(16)18)13(19)17-7-2-3-8-17/h4-6H,2-3,7-8H2,1H3. The molecule has 1 amide bonds. The number of aromatic nitrogens is 3. The Hall–Kier alpha value is -2.24. The molecule has 0 spiro atoms. The lowest BCUT2D eigenvalue weighted by Gasteiger charge is -2.14. The molecule has 6 nitrogen and oxygen atoms in total. The predicted octanol–water partition coefficient (Wildman–Crippen LogP) is 0.564. The molecule has 0 bridgehead atoms. The number of rotatable bonds is 1. The summed E-state index contributed by atoms with van der Waals surface area (Å²) in [4.78, 5) is 34.5. The minimum Gasteiger partial charge on any atom is -0.337 e. The van der Waals surface area contributed by atoms with Gasteiger partial charge in [-0.1, -0.05) is 0 Å². The summed E-state index contributed by atoms with van der Waals surface area (Å²) in [5.74, 6) is -0.274. The van der Waals surface area contributed by atoms with Crippen molar-refractivity contribution in [1.82, 2.24) is 19.4 Å². The van der Waals surface area contributed by atoms with E-state index in [0.29, 0.717) is 24.3 Å². The number of likely N-dealkylation sites (tertiary alicyclic amines) is 1. The van der Waals surface area contributed by atoms with Gasteiger partial charge in [-0.2, -0.15) is 0 Å². The van der Waals surface area contributed by atoms with Crippen LogP contribution in [-0.2, 0) is 7.05 Å². The van der Waals surface area contributed by atoms with Gasteiger partial charge in [0.1, 0.15) is 5.52 Å². The molecule has 0 aromatic carbocycles. The normalized spacial score (nSPS) is 15.1. The first-order valence-corrected chi connectivity index (χ1v) is 6.29. The number of carbonyl (C=O) groups is 1. The van der Waals surface area contributed by atoms with Crippen LogP contribution in [0.3, 0.4) is 0 Å². The summed E-state index contributed by atoms with van der Waals surface area (Å²) in [6, 6.07) is 3.49. The Morgan fingerprint density at radius 3 is 2.79 bits per heavy atom. The zero-order valence-corrected chi connectivity index (χ0v) is 10.7. The van der Waals surface area contributed by atoms with Crippen LogP contribution < -0.4 is 5.56 Å². The second kappa shape index (κ2) is 4.46. The Labute approximate surface area is 109 Å². The Bertz CT molecular complexity index is 701. The van der Waals surface area contributed by atoms with Crippen molar-refractivity contribution in [2.24, 2.45) is 7.05 Å². The van der Waals surface area contributed by atoms with Crippen LogP contribution in [0.2, 0.25) is 0 Å². The Morgan fingerprint density at radius 2 is 2.05 bits per heavy atom. The second-order valence-electron chi connectivity index (χ2n) is 4.67. The van der Waals surface area contributed by atoms with Gasteiger partial charge in [0.25, 0.3) is 11.5 Å². The molecule has 3 heterocycles. The number of hydrogen-bond donors (Lipinski definition) is 0. The van der Waals surface area contributed by atoms with Crippen molar-refractivity contribution in [2.45, 2.75) is 12.8 Å². The lowest BCUT2D eigenvalue weighted by Crippen LogP contribution is -2.36. The quantitative estimate of drug-likeness (QED) is 0.749. The molecule has 0 saturated carbocycles. The van der Waals surface area contributed by atoms with E-state index in [0.717, 1.165) is 12.8 Å². The number of hydrogen-bond acceptors (Lipinski definition) is 4. The summed E-state index contributed by atoms with van der Waals surface area (Å²) >= 11 is 0. The van der Waals surface area contributed by atoms with Gasteiger partial charge in [-0.05, 0) is 25.0 Å². The largest absolute Gasteiger partial charge is 0.337 e. The number of pyridine rings is 1. The first-order chi connectivity index (χ1) is 9.18. The number of nitrogens with zero attached hydrogens (tertiary/aromatic N) is 4. The van der Waals surface area contributed by atoms with Crippen LogP contribution in [-0.4, -0.2) is 38.4 Å². The molecule has 1 aliphatic rings. The Morgan fingerprint density at radius 1 is 1.32 bits per heavy atom. The van der Waals surface area contributed by atoms with Gasteiger partial charge in [-0.25, -0.2) is 9.97 Å². The van der Waals surface area contributed by atoms with Crippen molar-refractivity contribution in [2.75, 3.05) is 13.1 Å². The highest BCUT2D eigenvalue weighted by atomic mass is 16.2. The van der Waals surface area contributed by atoms with E-state index in [2.05, 4.69) is 9.97 Å². The molecule has 6 heteroatoms. The lowest BCUT2D eigenvalue weighted by atomic mass is 10.3. The van der Waals surface area contributed by atoms with Crippen molar-refractivity contribution >= 4 is 17.1 Å². The maximum atomic E-state index is 12.3. The Balaban J connectivity index is 2.16. The van der Waals surface area contributed by atoms with E-state index < -0.39 is 0 Å². The average molecular weight is 258 g/mol. The first kappa shape index (κ1) is 11.8. The highest BCUT2D eigenvalue weighted by Crippen LogP contribution is 2.11. The Kier molecular flexibility index (Phi) is 2.77. The minimum absolute atomic E-state index is 0.00935. The molecule has 0 N–H and O–H groups in total. The zero-order chi connectivity index (χ0) is 13.4. The van der Waals surface area contributed by atoms with Gasteiger partial charge >= 0.3 is 0 Å². The third-order valence-electron chi connectivity index (χ3n) is 3.42. The van der Waals surface area contributed by atoms with E-state index >= 15 is 0 Å². The smallest absolute Gasteiger partial charge is 0.283 e. The summed E-state index contributed by atoms with van der Waals surface area (Å²) < 4.78 is 1.38. The van der Waals surface area contributed by atoms with Crippen molar-refractivity contribution in [1.29, 1.82) is 0 Å². The fraction of sp³-hybridized carbons (Fsp3) is 0.385. The van der Waals surface area contributed by atoms with Gasteiger partial charge < -0.3 is 4.90 Å². The first-order valence-electron chi connectivity index (χ1n) is 6.29. The molecule has 1 fully saturated rings. The fourth-order valence-electron chi connectivity index (χ4n) is 2.37. The van der Waals surface area contributed by atoms with Crippen LogP contribution in [0.1, 0.15) is 23.3 Å². The molecule has 2 aromatic heterocycles. The van der Waals surface area contributed by atoms with Crippen LogP contribution in [0.25, 0.3) is 11.2 Å². The summed E-state index contributed by atoms with van der Waals surface area (Å²) in [7, 11) is 1.61. The molecule has 19 heavy (non-hydrogen) atoms. The lowest BCUT2D eigenvalue weighted by molar-refractivity contribution is 0.0785. The van der Waals surface area contributed by atoms with Crippen LogP contribution in [0.4, 0.5) is 0 Å². The molecular formula is C13H14N4O2. The molecule has 0 atom stereocenters. The van der Waals surface area contributed by atoms with E-state index in [-0.39, 0.29) is 17.2 Å². The summed E-state index contributed by atoms with van der Waals surface area (Å²) in [5.41, 5.74) is 0.658. The zero-order valence-electron chi connectivity index (χ0n) is 10.7. The third-order valence-corrected chi connectivity index (χ3v) is 3.42. The van der Waals surface area contributed by atoms with Gasteiger partial charge in [-0.3, -0.25) is 14.2 Å². The number of carbonyl (C=O) groups excluding carboxylic acids is 1. The van der Waals surface area contributed by atoms with Crippen molar-refractivity contribution in [3.05, 3.63) is 34.4 Å². The molecule has 1 saturated heterocycles. The predicted molar refractivity (Wildman–Crippen MR) is 69.9 cm³/mol. The third kappa shape index (κ3) is 1.89. The molecule has 0 aliphatic carbocycles. The minimum atomic E-state index is -0.386.